The summed E-state index contributed by atoms with van der Waals surface area (Å²) in [5.74, 6) is 1.50. The molecule has 3 aromatic rings. The summed E-state index contributed by atoms with van der Waals surface area (Å²) in [5.41, 5.74) is 1.01. The molecule has 0 amide bonds. The lowest BCUT2D eigenvalue weighted by molar-refractivity contribution is 0.492. The molecule has 1 nitrogen and oxygen atoms in total. The van der Waals surface area contributed by atoms with Gasteiger partial charge in [-0.05, 0) is 36.1 Å². The third-order valence-corrected chi connectivity index (χ3v) is 4.13. The number of fused-ring (bicyclic) bond motifs is 1. The SMILES string of the molecule is Cc1ccc(C(Br)c2ccc(F)c3ccccc23)o1. The number of halogens is 2. The molecule has 19 heavy (non-hydrogen) atoms. The quantitative estimate of drug-likeness (QED) is 0.579. The molecule has 3 heteroatoms. The molecule has 0 aliphatic heterocycles. The van der Waals surface area contributed by atoms with E-state index in [1.807, 2.05) is 37.3 Å². The molecule has 0 N–H and O–H groups in total. The Bertz CT molecular complexity index is 732. The molecule has 0 saturated heterocycles. The maximum atomic E-state index is 13.8. The average molecular weight is 319 g/mol. The van der Waals surface area contributed by atoms with E-state index in [-0.39, 0.29) is 10.6 Å². The van der Waals surface area contributed by atoms with Crippen LogP contribution in [0, 0.1) is 12.7 Å². The Hall–Kier alpha value is -1.61. The molecule has 1 atom stereocenters. The third kappa shape index (κ3) is 2.19. The zero-order valence-corrected chi connectivity index (χ0v) is 11.9. The number of rotatable bonds is 2. The van der Waals surface area contributed by atoms with Crippen molar-refractivity contribution in [3.8, 4) is 0 Å². The first-order valence-electron chi connectivity index (χ1n) is 6.04. The van der Waals surface area contributed by atoms with Crippen LogP contribution >= 0.6 is 15.9 Å². The van der Waals surface area contributed by atoms with E-state index in [1.165, 1.54) is 6.07 Å². The minimum Gasteiger partial charge on any atom is -0.465 e. The molecular formula is C16H12BrFO. The van der Waals surface area contributed by atoms with Gasteiger partial charge in [0.2, 0.25) is 0 Å². The molecular weight excluding hydrogens is 307 g/mol. The van der Waals surface area contributed by atoms with E-state index in [2.05, 4.69) is 15.9 Å². The molecule has 1 unspecified atom stereocenters. The van der Waals surface area contributed by atoms with E-state index in [4.69, 9.17) is 4.42 Å². The highest BCUT2D eigenvalue weighted by Gasteiger charge is 2.17. The van der Waals surface area contributed by atoms with Crippen molar-refractivity contribution < 1.29 is 8.81 Å². The van der Waals surface area contributed by atoms with Crippen LogP contribution in [0.4, 0.5) is 4.39 Å². The first-order chi connectivity index (χ1) is 9.16. The van der Waals surface area contributed by atoms with Crippen molar-refractivity contribution in [1.29, 1.82) is 0 Å². The summed E-state index contributed by atoms with van der Waals surface area (Å²) in [5, 5.41) is 1.53. The molecule has 0 fully saturated rings. The van der Waals surface area contributed by atoms with E-state index in [0.29, 0.717) is 5.39 Å². The van der Waals surface area contributed by atoms with Gasteiger partial charge in [-0.1, -0.05) is 46.3 Å². The van der Waals surface area contributed by atoms with Crippen molar-refractivity contribution in [3.05, 3.63) is 71.4 Å². The minimum atomic E-state index is -0.199. The fourth-order valence-electron chi connectivity index (χ4n) is 2.25. The molecule has 0 aliphatic carbocycles. The number of hydrogen-bond acceptors (Lipinski definition) is 1. The van der Waals surface area contributed by atoms with E-state index in [0.717, 1.165) is 22.5 Å². The lowest BCUT2D eigenvalue weighted by Gasteiger charge is -2.11. The predicted octanol–water partition coefficient (Wildman–Crippen LogP) is 5.36. The van der Waals surface area contributed by atoms with Gasteiger partial charge >= 0.3 is 0 Å². The largest absolute Gasteiger partial charge is 0.465 e. The van der Waals surface area contributed by atoms with Crippen molar-refractivity contribution in [2.75, 3.05) is 0 Å². The first kappa shape index (κ1) is 12.4. The van der Waals surface area contributed by atoms with Crippen LogP contribution in [0.1, 0.15) is 21.9 Å². The second-order valence-corrected chi connectivity index (χ2v) is 5.41. The molecule has 0 aliphatic rings. The molecule has 2 aromatic carbocycles. The Labute approximate surface area is 119 Å². The summed E-state index contributed by atoms with van der Waals surface area (Å²) in [4.78, 5) is -0.0771. The van der Waals surface area contributed by atoms with Crippen molar-refractivity contribution in [1.82, 2.24) is 0 Å². The van der Waals surface area contributed by atoms with Gasteiger partial charge in [-0.25, -0.2) is 4.39 Å². The fourth-order valence-corrected chi connectivity index (χ4v) is 2.89. The van der Waals surface area contributed by atoms with Gasteiger partial charge in [0.05, 0.1) is 4.83 Å². The highest BCUT2D eigenvalue weighted by atomic mass is 79.9. The van der Waals surface area contributed by atoms with Crippen LogP contribution in [-0.4, -0.2) is 0 Å². The van der Waals surface area contributed by atoms with E-state index in [9.17, 15) is 4.39 Å². The lowest BCUT2D eigenvalue weighted by Crippen LogP contribution is -1.94. The Morgan fingerprint density at radius 2 is 1.74 bits per heavy atom. The summed E-state index contributed by atoms with van der Waals surface area (Å²) in [6, 6.07) is 14.6. The second-order valence-electron chi connectivity index (χ2n) is 4.49. The minimum absolute atomic E-state index is 0.0771. The highest BCUT2D eigenvalue weighted by molar-refractivity contribution is 9.09. The van der Waals surface area contributed by atoms with Gasteiger partial charge < -0.3 is 4.42 Å². The predicted molar refractivity (Wildman–Crippen MR) is 78.1 cm³/mol. The number of alkyl halides is 1. The molecule has 0 saturated carbocycles. The van der Waals surface area contributed by atoms with Crippen LogP contribution in [0.15, 0.2) is 52.9 Å². The summed E-state index contributed by atoms with van der Waals surface area (Å²) in [6.45, 7) is 1.91. The van der Waals surface area contributed by atoms with Gasteiger partial charge in [0, 0.05) is 5.39 Å². The summed E-state index contributed by atoms with van der Waals surface area (Å²) < 4.78 is 19.4. The van der Waals surface area contributed by atoms with Gasteiger partial charge in [-0.3, -0.25) is 0 Å². The second kappa shape index (κ2) is 4.82. The molecule has 0 bridgehead atoms. The molecule has 0 radical (unpaired) electrons. The van der Waals surface area contributed by atoms with Crippen molar-refractivity contribution in [3.63, 3.8) is 0 Å². The zero-order valence-electron chi connectivity index (χ0n) is 10.4. The van der Waals surface area contributed by atoms with Gasteiger partial charge in [-0.2, -0.15) is 0 Å². The lowest BCUT2D eigenvalue weighted by atomic mass is 10.0. The van der Waals surface area contributed by atoms with Crippen LogP contribution in [0.2, 0.25) is 0 Å². The van der Waals surface area contributed by atoms with Crippen molar-refractivity contribution in [2.45, 2.75) is 11.8 Å². The smallest absolute Gasteiger partial charge is 0.131 e. The molecule has 0 spiro atoms. The Morgan fingerprint density at radius 3 is 2.42 bits per heavy atom. The maximum absolute atomic E-state index is 13.8. The fraction of sp³-hybridized carbons (Fsp3) is 0.125. The molecule has 1 heterocycles. The normalized spacial score (nSPS) is 12.8. The number of furan rings is 1. The molecule has 3 rings (SSSR count). The Balaban J connectivity index is 2.18. The standard InChI is InChI=1S/C16H12BrFO/c1-10-6-9-15(19-10)16(17)13-7-8-14(18)12-5-3-2-4-11(12)13/h2-9,16H,1H3. The molecule has 1 aromatic heterocycles. The van der Waals surface area contributed by atoms with Crippen LogP contribution in [0.25, 0.3) is 10.8 Å². The average Bonchev–Trinajstić information content (AvgIpc) is 2.86. The van der Waals surface area contributed by atoms with Crippen molar-refractivity contribution >= 4 is 26.7 Å². The number of hydrogen-bond donors (Lipinski definition) is 0. The summed E-state index contributed by atoms with van der Waals surface area (Å²) in [7, 11) is 0. The Kier molecular flexibility index (Phi) is 3.15. The van der Waals surface area contributed by atoms with E-state index >= 15 is 0 Å². The van der Waals surface area contributed by atoms with E-state index in [1.54, 1.807) is 12.1 Å². The first-order valence-corrected chi connectivity index (χ1v) is 6.96. The van der Waals surface area contributed by atoms with Crippen LogP contribution < -0.4 is 0 Å². The summed E-state index contributed by atoms with van der Waals surface area (Å²) >= 11 is 3.64. The van der Waals surface area contributed by atoms with Crippen LogP contribution in [0.3, 0.4) is 0 Å². The monoisotopic (exact) mass is 318 g/mol. The Morgan fingerprint density at radius 1 is 1.00 bits per heavy atom. The third-order valence-electron chi connectivity index (χ3n) is 3.19. The maximum Gasteiger partial charge on any atom is 0.131 e. The van der Waals surface area contributed by atoms with Crippen molar-refractivity contribution in [2.24, 2.45) is 0 Å². The van der Waals surface area contributed by atoms with Gasteiger partial charge in [0.1, 0.15) is 17.3 Å². The zero-order chi connectivity index (χ0) is 13.4. The van der Waals surface area contributed by atoms with Crippen LogP contribution in [0.5, 0.6) is 0 Å². The van der Waals surface area contributed by atoms with E-state index < -0.39 is 0 Å². The van der Waals surface area contributed by atoms with Gasteiger partial charge in [0.15, 0.2) is 0 Å². The van der Waals surface area contributed by atoms with Gasteiger partial charge in [0.25, 0.3) is 0 Å². The molecule has 96 valence electrons. The highest BCUT2D eigenvalue weighted by Crippen LogP contribution is 2.36. The van der Waals surface area contributed by atoms with Crippen LogP contribution in [-0.2, 0) is 0 Å². The summed E-state index contributed by atoms with van der Waals surface area (Å²) in [6.07, 6.45) is 0. The van der Waals surface area contributed by atoms with Gasteiger partial charge in [-0.15, -0.1) is 0 Å². The topological polar surface area (TPSA) is 13.1 Å². The number of benzene rings is 2. The number of aryl methyl sites for hydroxylation is 1.